The maximum absolute atomic E-state index is 12.8. The van der Waals surface area contributed by atoms with Crippen molar-refractivity contribution in [1.29, 1.82) is 0 Å². The maximum atomic E-state index is 12.8. The summed E-state index contributed by atoms with van der Waals surface area (Å²) in [4.78, 5) is 12.8. The summed E-state index contributed by atoms with van der Waals surface area (Å²) in [7, 11) is 0. The molecule has 4 fully saturated rings. The van der Waals surface area contributed by atoms with E-state index in [1.807, 2.05) is 6.92 Å². The van der Waals surface area contributed by atoms with Crippen molar-refractivity contribution in [3.05, 3.63) is 0 Å². The van der Waals surface area contributed by atoms with Gasteiger partial charge in [-0.2, -0.15) is 0 Å². The second-order valence-corrected chi connectivity index (χ2v) is 13.9. The molecule has 6 heteroatoms. The average molecular weight is 518 g/mol. The molecule has 2 N–H and O–H groups in total. The van der Waals surface area contributed by atoms with E-state index in [2.05, 4.69) is 43.5 Å². The number of nitrogens with one attached hydrogen (secondary N) is 2. The first-order valence-electron chi connectivity index (χ1n) is 8.00. The Hall–Kier alpha value is 0.850. The van der Waals surface area contributed by atoms with Crippen molar-refractivity contribution >= 4 is 48.9 Å². The molecule has 2 aliphatic heterocycles. The van der Waals surface area contributed by atoms with Crippen LogP contribution in [0.5, 0.6) is 0 Å². The minimum atomic E-state index is -1.13. The van der Waals surface area contributed by atoms with Crippen molar-refractivity contribution in [2.24, 2.45) is 17.8 Å². The van der Waals surface area contributed by atoms with E-state index in [1.54, 1.807) is 0 Å². The molecule has 0 aromatic carbocycles. The Morgan fingerprint density at radius 3 is 2.48 bits per heavy atom. The molecule has 2 saturated carbocycles. The van der Waals surface area contributed by atoms with Crippen molar-refractivity contribution in [3.8, 4) is 0 Å². The molecule has 0 aromatic rings. The van der Waals surface area contributed by atoms with Crippen LogP contribution in [0.1, 0.15) is 52.9 Å². The molecule has 0 amide bonds. The predicted molar refractivity (Wildman–Crippen MR) is 99.2 cm³/mol. The summed E-state index contributed by atoms with van der Waals surface area (Å²) in [6, 6.07) is 0. The Morgan fingerprint density at radius 2 is 2.05 bits per heavy atom. The number of hydrogen-bond donors (Lipinski definition) is 2. The number of hydrogen-bond acceptors (Lipinski definition) is 4. The SMILES string of the molecule is CCC(C)(OC(=O)C(C)(I)C12NI1N2)C1CC2CCC1C2. The fourth-order valence-corrected chi connectivity index (χ4v) is 12.2. The van der Waals surface area contributed by atoms with Crippen molar-refractivity contribution in [2.45, 2.75) is 65.6 Å². The van der Waals surface area contributed by atoms with Crippen LogP contribution < -0.4 is 7.06 Å². The van der Waals surface area contributed by atoms with Gasteiger partial charge in [0.05, 0.1) is 0 Å². The third-order valence-electron chi connectivity index (χ3n) is 6.24. The third kappa shape index (κ3) is 2.14. The molecule has 4 rings (SSSR count). The molecule has 2 bridgehead atoms. The van der Waals surface area contributed by atoms with E-state index >= 15 is 0 Å². The molecule has 0 aromatic heterocycles. The van der Waals surface area contributed by atoms with Crippen LogP contribution in [-0.4, -0.2) is 18.7 Å². The van der Waals surface area contributed by atoms with Gasteiger partial charge in [-0.15, -0.1) is 0 Å². The third-order valence-corrected chi connectivity index (χ3v) is 13.4. The van der Waals surface area contributed by atoms with Gasteiger partial charge in [-0.05, 0) is 0 Å². The van der Waals surface area contributed by atoms with E-state index in [4.69, 9.17) is 4.74 Å². The molecule has 2 saturated heterocycles. The fourth-order valence-electron chi connectivity index (χ4n) is 4.43. The zero-order chi connectivity index (χ0) is 15.0. The van der Waals surface area contributed by atoms with Crippen LogP contribution in [0.15, 0.2) is 0 Å². The molecule has 2 heterocycles. The number of esters is 1. The van der Waals surface area contributed by atoms with Crippen molar-refractivity contribution in [3.63, 3.8) is 0 Å². The first-order chi connectivity index (χ1) is 9.82. The summed E-state index contributed by atoms with van der Waals surface area (Å²) in [5.74, 6) is 2.23. The topological polar surface area (TPSA) is 70.2 Å². The van der Waals surface area contributed by atoms with E-state index in [0.717, 1.165) is 18.3 Å². The second-order valence-electron chi connectivity index (χ2n) is 7.47. The average Bonchev–Trinajstić information content (AvgIpc) is 3.20. The van der Waals surface area contributed by atoms with Crippen LogP contribution in [0, 0.1) is 17.8 Å². The first-order valence-corrected chi connectivity index (χ1v) is 12.3. The molecule has 0 spiro atoms. The van der Waals surface area contributed by atoms with Gasteiger partial charge in [0.15, 0.2) is 0 Å². The van der Waals surface area contributed by atoms with Crippen LogP contribution in [0.25, 0.3) is 0 Å². The van der Waals surface area contributed by atoms with Gasteiger partial charge in [0.1, 0.15) is 0 Å². The summed E-state index contributed by atoms with van der Waals surface area (Å²) >= 11 is 1.17. The van der Waals surface area contributed by atoms with Gasteiger partial charge in [0.25, 0.3) is 0 Å². The predicted octanol–water partition coefficient (Wildman–Crippen LogP) is 3.52. The Labute approximate surface area is 148 Å². The Balaban J connectivity index is 1.49. The Kier molecular flexibility index (Phi) is 3.44. The standard InChI is InChI=1S/C15H24I2N2O2/c1-4-13(2,11-8-9-5-6-10(11)7-9)21-12(20)14(3,16)15-17(18-15)19-15/h9-11,18-19H,4-8H2,1-3H3. The quantitative estimate of drug-likeness (QED) is 0.146. The number of fused-ring (bicyclic) bond motifs is 3. The van der Waals surface area contributed by atoms with E-state index in [9.17, 15) is 4.79 Å². The Morgan fingerprint density at radius 1 is 1.38 bits per heavy atom. The number of ether oxygens (including phenoxy) is 1. The van der Waals surface area contributed by atoms with Crippen molar-refractivity contribution in [1.82, 2.24) is 7.06 Å². The number of carbonyl (C=O) groups is 1. The molecule has 4 nitrogen and oxygen atoms in total. The normalized spacial score (nSPS) is 41.9. The van der Waals surface area contributed by atoms with E-state index in [1.165, 1.54) is 25.7 Å². The molecule has 4 aliphatic rings. The summed E-state index contributed by atoms with van der Waals surface area (Å²) in [6.07, 6.45) is 6.29. The van der Waals surface area contributed by atoms with Crippen LogP contribution in [-0.2, 0) is 9.53 Å². The van der Waals surface area contributed by atoms with Gasteiger partial charge in [-0.3, -0.25) is 0 Å². The second kappa shape index (κ2) is 4.69. The zero-order valence-electron chi connectivity index (χ0n) is 12.8. The fraction of sp³-hybridized carbons (Fsp3) is 0.933. The summed E-state index contributed by atoms with van der Waals surface area (Å²) in [5.41, 5.74) is -0.275. The van der Waals surface area contributed by atoms with Gasteiger partial charge in [-0.25, -0.2) is 0 Å². The van der Waals surface area contributed by atoms with E-state index in [0.29, 0.717) is 5.92 Å². The molecular formula is C15H24I2N2O2. The summed E-state index contributed by atoms with van der Waals surface area (Å²) < 4.78 is 12.6. The van der Waals surface area contributed by atoms with Crippen molar-refractivity contribution < 1.29 is 9.53 Å². The van der Waals surface area contributed by atoms with Gasteiger partial charge in [0.2, 0.25) is 0 Å². The van der Waals surface area contributed by atoms with Gasteiger partial charge >= 0.3 is 149 Å². The Bertz CT molecular complexity index is 492. The summed E-state index contributed by atoms with van der Waals surface area (Å²) in [5, 5.41) is 0. The van der Waals surface area contributed by atoms with Crippen LogP contribution in [0.3, 0.4) is 0 Å². The van der Waals surface area contributed by atoms with Gasteiger partial charge in [0, 0.05) is 0 Å². The molecular weight excluding hydrogens is 494 g/mol. The van der Waals surface area contributed by atoms with Crippen LogP contribution in [0.4, 0.5) is 0 Å². The molecule has 5 atom stereocenters. The van der Waals surface area contributed by atoms with Crippen LogP contribution in [0.2, 0.25) is 0 Å². The minimum absolute atomic E-state index is 0.0208. The number of alkyl halides is 2. The van der Waals surface area contributed by atoms with Gasteiger partial charge in [-0.1, -0.05) is 0 Å². The number of carbonyl (C=O) groups excluding carboxylic acids is 1. The van der Waals surface area contributed by atoms with Crippen molar-refractivity contribution in [2.75, 3.05) is 0 Å². The monoisotopic (exact) mass is 518 g/mol. The molecule has 0 radical (unpaired) electrons. The first kappa shape index (κ1) is 15.4. The van der Waals surface area contributed by atoms with Crippen LogP contribution >= 0.6 is 43.0 Å². The molecule has 120 valence electrons. The van der Waals surface area contributed by atoms with E-state index < -0.39 is 23.8 Å². The number of rotatable bonds is 5. The molecule has 2 aliphatic carbocycles. The number of halogens is 2. The van der Waals surface area contributed by atoms with E-state index in [-0.39, 0.29) is 15.2 Å². The summed E-state index contributed by atoms with van der Waals surface area (Å²) in [6.45, 7) is 6.38. The molecule has 21 heavy (non-hydrogen) atoms. The zero-order valence-corrected chi connectivity index (χ0v) is 17.2. The molecule has 5 unspecified atom stereocenters. The van der Waals surface area contributed by atoms with Gasteiger partial charge < -0.3 is 0 Å².